The molecule has 0 heterocycles. The highest BCUT2D eigenvalue weighted by Gasteiger charge is 2.19. The SMILES string of the molecule is COc1cc(NC(=O)COc2ccccc2C(C)(C)C)c(OC)cc1Cl. The first-order valence-electron chi connectivity index (χ1n) is 8.20. The first-order valence-corrected chi connectivity index (χ1v) is 8.57. The van der Waals surface area contributed by atoms with Crippen molar-refractivity contribution in [1.29, 1.82) is 0 Å². The molecule has 26 heavy (non-hydrogen) atoms. The molecule has 2 aromatic rings. The lowest BCUT2D eigenvalue weighted by Gasteiger charge is -2.22. The molecule has 5 nitrogen and oxygen atoms in total. The zero-order valence-corrected chi connectivity index (χ0v) is 16.4. The molecule has 1 amide bonds. The standard InChI is InChI=1S/C20H24ClNO4/c1-20(2,3)13-8-6-7-9-16(13)26-12-19(23)22-15-11-17(24-4)14(21)10-18(15)25-5/h6-11H,12H2,1-5H3,(H,22,23). The van der Waals surface area contributed by atoms with E-state index >= 15 is 0 Å². The number of carbonyl (C=O) groups excluding carboxylic acids is 1. The van der Waals surface area contributed by atoms with Crippen LogP contribution in [0.5, 0.6) is 17.2 Å². The molecular formula is C20H24ClNO4. The van der Waals surface area contributed by atoms with Crippen LogP contribution in [-0.4, -0.2) is 26.7 Å². The Bertz CT molecular complexity index is 784. The van der Waals surface area contributed by atoms with Gasteiger partial charge in [-0.1, -0.05) is 50.6 Å². The van der Waals surface area contributed by atoms with Gasteiger partial charge in [0.25, 0.3) is 5.91 Å². The van der Waals surface area contributed by atoms with E-state index in [0.29, 0.717) is 28.0 Å². The first kappa shape index (κ1) is 19.9. The Hall–Kier alpha value is -2.40. The smallest absolute Gasteiger partial charge is 0.262 e. The van der Waals surface area contributed by atoms with Gasteiger partial charge >= 0.3 is 0 Å². The zero-order valence-electron chi connectivity index (χ0n) is 15.7. The summed E-state index contributed by atoms with van der Waals surface area (Å²) in [4.78, 5) is 12.3. The second-order valence-corrected chi connectivity index (χ2v) is 7.18. The van der Waals surface area contributed by atoms with Crippen LogP contribution in [0.1, 0.15) is 26.3 Å². The van der Waals surface area contributed by atoms with Crippen LogP contribution < -0.4 is 19.5 Å². The van der Waals surface area contributed by atoms with Crippen LogP contribution in [0.3, 0.4) is 0 Å². The fourth-order valence-corrected chi connectivity index (χ4v) is 2.73. The lowest BCUT2D eigenvalue weighted by atomic mass is 9.86. The van der Waals surface area contributed by atoms with Crippen LogP contribution in [0.4, 0.5) is 5.69 Å². The molecule has 0 aliphatic rings. The van der Waals surface area contributed by atoms with Gasteiger partial charge in [-0.15, -0.1) is 0 Å². The van der Waals surface area contributed by atoms with E-state index in [4.69, 9.17) is 25.8 Å². The van der Waals surface area contributed by atoms with Crippen molar-refractivity contribution in [2.75, 3.05) is 26.1 Å². The molecule has 6 heteroatoms. The minimum Gasteiger partial charge on any atom is -0.495 e. The Morgan fingerprint density at radius 2 is 1.69 bits per heavy atom. The normalized spacial score (nSPS) is 11.0. The summed E-state index contributed by atoms with van der Waals surface area (Å²) in [5.41, 5.74) is 1.42. The highest BCUT2D eigenvalue weighted by Crippen LogP contribution is 2.36. The van der Waals surface area contributed by atoms with Gasteiger partial charge in [-0.2, -0.15) is 0 Å². The van der Waals surface area contributed by atoms with Gasteiger partial charge in [-0.3, -0.25) is 4.79 Å². The molecular weight excluding hydrogens is 354 g/mol. The molecule has 2 aromatic carbocycles. The van der Waals surface area contributed by atoms with Gasteiger partial charge in [0, 0.05) is 12.1 Å². The fraction of sp³-hybridized carbons (Fsp3) is 0.350. The van der Waals surface area contributed by atoms with E-state index < -0.39 is 0 Å². The van der Waals surface area contributed by atoms with Gasteiger partial charge in [0.05, 0.1) is 24.9 Å². The van der Waals surface area contributed by atoms with Crippen LogP contribution in [-0.2, 0) is 10.2 Å². The van der Waals surface area contributed by atoms with Crippen molar-refractivity contribution in [3.05, 3.63) is 47.0 Å². The van der Waals surface area contributed by atoms with Gasteiger partial charge in [-0.05, 0) is 17.0 Å². The number of methoxy groups -OCH3 is 2. The molecule has 2 rings (SSSR count). The van der Waals surface area contributed by atoms with E-state index in [1.807, 2.05) is 24.3 Å². The average molecular weight is 378 g/mol. The average Bonchev–Trinajstić information content (AvgIpc) is 2.60. The van der Waals surface area contributed by atoms with Gasteiger partial charge in [0.15, 0.2) is 6.61 Å². The summed E-state index contributed by atoms with van der Waals surface area (Å²) in [7, 11) is 3.01. The Labute approximate surface area is 159 Å². The number of nitrogens with one attached hydrogen (secondary N) is 1. The van der Waals surface area contributed by atoms with E-state index in [2.05, 4.69) is 26.1 Å². The molecule has 0 fully saturated rings. The molecule has 0 radical (unpaired) electrons. The number of rotatable bonds is 6. The Balaban J connectivity index is 2.11. The number of benzene rings is 2. The van der Waals surface area contributed by atoms with Crippen LogP contribution >= 0.6 is 11.6 Å². The minimum absolute atomic E-state index is 0.0835. The number of halogens is 1. The number of carbonyl (C=O) groups is 1. The largest absolute Gasteiger partial charge is 0.495 e. The maximum Gasteiger partial charge on any atom is 0.262 e. The molecule has 0 saturated heterocycles. The fourth-order valence-electron chi connectivity index (χ4n) is 2.50. The summed E-state index contributed by atoms with van der Waals surface area (Å²) < 4.78 is 16.2. The maximum atomic E-state index is 12.3. The number of hydrogen-bond donors (Lipinski definition) is 1. The van der Waals surface area contributed by atoms with Gasteiger partial charge < -0.3 is 19.5 Å². The van der Waals surface area contributed by atoms with Crippen molar-refractivity contribution < 1.29 is 19.0 Å². The van der Waals surface area contributed by atoms with Crippen molar-refractivity contribution in [2.24, 2.45) is 0 Å². The number of ether oxygens (including phenoxy) is 3. The summed E-state index contributed by atoms with van der Waals surface area (Å²) in [6, 6.07) is 10.9. The molecule has 0 aliphatic heterocycles. The van der Waals surface area contributed by atoms with E-state index in [1.54, 1.807) is 12.1 Å². The molecule has 0 aromatic heterocycles. The number of hydrogen-bond acceptors (Lipinski definition) is 4. The van der Waals surface area contributed by atoms with Crippen LogP contribution in [0.15, 0.2) is 36.4 Å². The monoisotopic (exact) mass is 377 g/mol. The summed E-state index contributed by atoms with van der Waals surface area (Å²) in [6.07, 6.45) is 0. The molecule has 0 atom stereocenters. The maximum absolute atomic E-state index is 12.3. The first-order chi connectivity index (χ1) is 12.3. The van der Waals surface area contributed by atoms with Crippen LogP contribution in [0.25, 0.3) is 0 Å². The van der Waals surface area contributed by atoms with Gasteiger partial charge in [0.2, 0.25) is 0 Å². The molecule has 0 aliphatic carbocycles. The molecule has 0 unspecified atom stereocenters. The number of anilines is 1. The third-order valence-corrected chi connectivity index (χ3v) is 4.10. The zero-order chi connectivity index (χ0) is 19.3. The third kappa shape index (κ3) is 4.82. The van der Waals surface area contributed by atoms with Gasteiger partial charge in [0.1, 0.15) is 17.2 Å². The molecule has 140 valence electrons. The summed E-state index contributed by atoms with van der Waals surface area (Å²) in [5, 5.41) is 3.16. The highest BCUT2D eigenvalue weighted by atomic mass is 35.5. The van der Waals surface area contributed by atoms with Crippen molar-refractivity contribution in [2.45, 2.75) is 26.2 Å². The third-order valence-electron chi connectivity index (χ3n) is 3.80. The molecule has 0 spiro atoms. The number of amides is 1. The lowest BCUT2D eigenvalue weighted by molar-refractivity contribution is -0.118. The second kappa shape index (κ2) is 8.32. The van der Waals surface area contributed by atoms with Crippen molar-refractivity contribution >= 4 is 23.2 Å². The van der Waals surface area contributed by atoms with Crippen molar-refractivity contribution in [1.82, 2.24) is 0 Å². The molecule has 1 N–H and O–H groups in total. The summed E-state index contributed by atoms with van der Waals surface area (Å²) in [5.74, 6) is 1.27. The predicted octanol–water partition coefficient (Wildman–Crippen LogP) is 4.67. The van der Waals surface area contributed by atoms with E-state index in [0.717, 1.165) is 5.56 Å². The minimum atomic E-state index is -0.309. The summed E-state index contributed by atoms with van der Waals surface area (Å²) in [6.45, 7) is 6.17. The topological polar surface area (TPSA) is 56.8 Å². The molecule has 0 bridgehead atoms. The Morgan fingerprint density at radius 3 is 2.31 bits per heavy atom. The lowest BCUT2D eigenvalue weighted by Crippen LogP contribution is -2.22. The van der Waals surface area contributed by atoms with Crippen LogP contribution in [0, 0.1) is 0 Å². The Morgan fingerprint density at radius 1 is 1.04 bits per heavy atom. The van der Waals surface area contributed by atoms with E-state index in [-0.39, 0.29) is 17.9 Å². The van der Waals surface area contributed by atoms with Crippen molar-refractivity contribution in [3.63, 3.8) is 0 Å². The molecule has 0 saturated carbocycles. The van der Waals surface area contributed by atoms with E-state index in [1.165, 1.54) is 14.2 Å². The highest BCUT2D eigenvalue weighted by molar-refractivity contribution is 6.32. The van der Waals surface area contributed by atoms with Crippen molar-refractivity contribution in [3.8, 4) is 17.2 Å². The quantitative estimate of drug-likeness (QED) is 0.794. The van der Waals surface area contributed by atoms with Crippen LogP contribution in [0.2, 0.25) is 5.02 Å². The second-order valence-electron chi connectivity index (χ2n) is 6.77. The summed E-state index contributed by atoms with van der Waals surface area (Å²) >= 11 is 6.08. The van der Waals surface area contributed by atoms with Gasteiger partial charge in [-0.25, -0.2) is 0 Å². The van der Waals surface area contributed by atoms with E-state index in [9.17, 15) is 4.79 Å². The predicted molar refractivity (Wildman–Crippen MR) is 104 cm³/mol. The number of para-hydroxylation sites is 1. The Kier molecular flexibility index (Phi) is 6.37.